The average molecular weight is 245 g/mol. The standard InChI is InChI=1S/C9H7BrClN/c1-7-5-8(3-2-4-10)6-12-9(7)11/h5-6H,4H2,1H3. The number of hydrogen-bond donors (Lipinski definition) is 0. The lowest BCUT2D eigenvalue weighted by molar-refractivity contribution is 1.25. The molecule has 0 saturated heterocycles. The van der Waals surface area contributed by atoms with Gasteiger partial charge >= 0.3 is 0 Å². The van der Waals surface area contributed by atoms with Gasteiger partial charge in [-0.05, 0) is 18.6 Å². The quantitative estimate of drug-likeness (QED) is 0.388. The highest BCUT2D eigenvalue weighted by Crippen LogP contribution is 2.11. The van der Waals surface area contributed by atoms with Gasteiger partial charge in [-0.25, -0.2) is 4.98 Å². The average Bonchev–Trinajstić information content (AvgIpc) is 2.07. The van der Waals surface area contributed by atoms with E-state index >= 15 is 0 Å². The summed E-state index contributed by atoms with van der Waals surface area (Å²) in [6.45, 7) is 1.91. The fourth-order valence-electron chi connectivity index (χ4n) is 0.762. The van der Waals surface area contributed by atoms with Gasteiger partial charge in [0.1, 0.15) is 5.15 Å². The summed E-state index contributed by atoms with van der Waals surface area (Å²) >= 11 is 8.97. The van der Waals surface area contributed by atoms with Crippen molar-refractivity contribution >= 4 is 27.5 Å². The molecule has 0 fully saturated rings. The van der Waals surface area contributed by atoms with E-state index in [-0.39, 0.29) is 0 Å². The Balaban J connectivity index is 2.97. The van der Waals surface area contributed by atoms with E-state index in [4.69, 9.17) is 11.6 Å². The maximum atomic E-state index is 5.75. The molecule has 12 heavy (non-hydrogen) atoms. The van der Waals surface area contributed by atoms with Gasteiger partial charge in [-0.3, -0.25) is 0 Å². The smallest absolute Gasteiger partial charge is 0.132 e. The second-order valence-electron chi connectivity index (χ2n) is 2.27. The van der Waals surface area contributed by atoms with Gasteiger partial charge in [-0.2, -0.15) is 0 Å². The van der Waals surface area contributed by atoms with Crippen LogP contribution in [0.4, 0.5) is 0 Å². The second kappa shape index (κ2) is 4.49. The van der Waals surface area contributed by atoms with E-state index in [1.165, 1.54) is 0 Å². The molecule has 0 aliphatic heterocycles. The van der Waals surface area contributed by atoms with E-state index in [2.05, 4.69) is 32.8 Å². The Morgan fingerprint density at radius 2 is 2.42 bits per heavy atom. The first-order chi connectivity index (χ1) is 5.74. The van der Waals surface area contributed by atoms with Crippen LogP contribution in [0.2, 0.25) is 5.15 Å². The number of aryl methyl sites for hydroxylation is 1. The topological polar surface area (TPSA) is 12.9 Å². The van der Waals surface area contributed by atoms with Crippen molar-refractivity contribution in [1.29, 1.82) is 0 Å². The fraction of sp³-hybridized carbons (Fsp3) is 0.222. The Kier molecular flexibility index (Phi) is 3.58. The van der Waals surface area contributed by atoms with E-state index in [0.29, 0.717) is 10.5 Å². The van der Waals surface area contributed by atoms with Crippen molar-refractivity contribution in [2.45, 2.75) is 6.92 Å². The second-order valence-corrected chi connectivity index (χ2v) is 3.19. The maximum absolute atomic E-state index is 5.75. The molecule has 0 aromatic carbocycles. The molecule has 0 bridgehead atoms. The molecule has 1 aromatic heterocycles. The van der Waals surface area contributed by atoms with E-state index in [9.17, 15) is 0 Å². The zero-order valence-corrected chi connectivity index (χ0v) is 8.91. The molecule has 3 heteroatoms. The Morgan fingerprint density at radius 3 is 3.00 bits per heavy atom. The zero-order valence-electron chi connectivity index (χ0n) is 6.56. The summed E-state index contributed by atoms with van der Waals surface area (Å²) in [5, 5.41) is 1.22. The number of alkyl halides is 1. The van der Waals surface area contributed by atoms with Gasteiger partial charge in [0.25, 0.3) is 0 Å². The van der Waals surface area contributed by atoms with Crippen LogP contribution in [0, 0.1) is 18.8 Å². The first-order valence-electron chi connectivity index (χ1n) is 3.41. The molecule has 0 amide bonds. The third kappa shape index (κ3) is 2.51. The van der Waals surface area contributed by atoms with Crippen molar-refractivity contribution in [2.75, 3.05) is 5.33 Å². The summed E-state index contributed by atoms with van der Waals surface area (Å²) in [4.78, 5) is 3.98. The first-order valence-corrected chi connectivity index (χ1v) is 4.91. The van der Waals surface area contributed by atoms with Crippen LogP contribution in [0.15, 0.2) is 12.3 Å². The lowest BCUT2D eigenvalue weighted by Gasteiger charge is -1.95. The van der Waals surface area contributed by atoms with Crippen LogP contribution in [0.3, 0.4) is 0 Å². The van der Waals surface area contributed by atoms with E-state index in [1.807, 2.05) is 13.0 Å². The number of pyridine rings is 1. The van der Waals surface area contributed by atoms with Crippen LogP contribution in [-0.4, -0.2) is 10.3 Å². The van der Waals surface area contributed by atoms with Crippen molar-refractivity contribution in [3.63, 3.8) is 0 Å². The molecule has 0 saturated carbocycles. The molecule has 1 rings (SSSR count). The van der Waals surface area contributed by atoms with E-state index in [0.717, 1.165) is 11.1 Å². The summed E-state index contributed by atoms with van der Waals surface area (Å²) in [6, 6.07) is 1.92. The van der Waals surface area contributed by atoms with Crippen molar-refractivity contribution in [3.8, 4) is 11.8 Å². The zero-order chi connectivity index (χ0) is 8.97. The number of aromatic nitrogens is 1. The monoisotopic (exact) mass is 243 g/mol. The van der Waals surface area contributed by atoms with Crippen molar-refractivity contribution < 1.29 is 0 Å². The van der Waals surface area contributed by atoms with Gasteiger partial charge in [0.2, 0.25) is 0 Å². The summed E-state index contributed by atoms with van der Waals surface area (Å²) in [6.07, 6.45) is 1.67. The normalized spacial score (nSPS) is 8.92. The molecule has 62 valence electrons. The van der Waals surface area contributed by atoms with Crippen LogP contribution in [-0.2, 0) is 0 Å². The first kappa shape index (κ1) is 9.57. The van der Waals surface area contributed by atoms with Crippen LogP contribution in [0.25, 0.3) is 0 Å². The minimum atomic E-state index is 0.541. The predicted octanol–water partition coefficient (Wildman–Crippen LogP) is 2.79. The Bertz CT molecular complexity index is 338. The van der Waals surface area contributed by atoms with Crippen molar-refractivity contribution in [1.82, 2.24) is 4.98 Å². The molecule has 0 unspecified atom stereocenters. The van der Waals surface area contributed by atoms with E-state index in [1.54, 1.807) is 6.20 Å². The Labute approximate surface area is 85.3 Å². The highest BCUT2D eigenvalue weighted by Gasteiger charge is 1.95. The van der Waals surface area contributed by atoms with Gasteiger partial charge in [0.05, 0.1) is 5.33 Å². The molecule has 0 atom stereocenters. The molecule has 1 heterocycles. The number of rotatable bonds is 0. The Morgan fingerprint density at radius 1 is 1.67 bits per heavy atom. The highest BCUT2D eigenvalue weighted by atomic mass is 79.9. The summed E-state index contributed by atoms with van der Waals surface area (Å²) in [5.41, 5.74) is 1.86. The number of halogens is 2. The molecule has 0 aliphatic carbocycles. The van der Waals surface area contributed by atoms with Crippen LogP contribution >= 0.6 is 27.5 Å². The van der Waals surface area contributed by atoms with Crippen molar-refractivity contribution in [3.05, 3.63) is 28.5 Å². The molecule has 1 nitrogen and oxygen atoms in total. The SMILES string of the molecule is Cc1cc(C#CCBr)cnc1Cl. The lowest BCUT2D eigenvalue weighted by atomic mass is 10.2. The Hall–Kier alpha value is -0.520. The van der Waals surface area contributed by atoms with Gasteiger partial charge in [-0.15, -0.1) is 0 Å². The van der Waals surface area contributed by atoms with Crippen LogP contribution in [0.1, 0.15) is 11.1 Å². The highest BCUT2D eigenvalue weighted by molar-refractivity contribution is 9.09. The third-order valence-corrected chi connectivity index (χ3v) is 1.99. The maximum Gasteiger partial charge on any atom is 0.132 e. The third-order valence-electron chi connectivity index (χ3n) is 1.31. The predicted molar refractivity (Wildman–Crippen MR) is 54.7 cm³/mol. The van der Waals surface area contributed by atoms with Gasteiger partial charge in [-0.1, -0.05) is 39.4 Å². The van der Waals surface area contributed by atoms with Crippen molar-refractivity contribution in [2.24, 2.45) is 0 Å². The molecular formula is C9H7BrClN. The number of nitrogens with zero attached hydrogens (tertiary/aromatic N) is 1. The van der Waals surface area contributed by atoms with Gasteiger partial charge in [0, 0.05) is 11.8 Å². The summed E-state index contributed by atoms with van der Waals surface area (Å²) < 4.78 is 0. The summed E-state index contributed by atoms with van der Waals surface area (Å²) in [7, 11) is 0. The number of hydrogen-bond acceptors (Lipinski definition) is 1. The lowest BCUT2D eigenvalue weighted by Crippen LogP contribution is -1.83. The largest absolute Gasteiger partial charge is 0.243 e. The molecule has 0 N–H and O–H groups in total. The molecule has 0 aliphatic rings. The van der Waals surface area contributed by atoms with Gasteiger partial charge < -0.3 is 0 Å². The van der Waals surface area contributed by atoms with Crippen LogP contribution < -0.4 is 0 Å². The van der Waals surface area contributed by atoms with Gasteiger partial charge in [0.15, 0.2) is 0 Å². The fourth-order valence-corrected chi connectivity index (χ4v) is 1.01. The molecule has 0 spiro atoms. The minimum absolute atomic E-state index is 0.541. The molecule has 1 aromatic rings. The molecular weight excluding hydrogens is 237 g/mol. The molecule has 0 radical (unpaired) electrons. The minimum Gasteiger partial charge on any atom is -0.243 e. The van der Waals surface area contributed by atoms with E-state index < -0.39 is 0 Å². The van der Waals surface area contributed by atoms with Crippen LogP contribution in [0.5, 0.6) is 0 Å². The summed E-state index contributed by atoms with van der Waals surface area (Å²) in [5.74, 6) is 5.84.